The lowest BCUT2D eigenvalue weighted by Gasteiger charge is -2.40. The van der Waals surface area contributed by atoms with Crippen molar-refractivity contribution in [2.75, 3.05) is 31.1 Å². The fourth-order valence-corrected chi connectivity index (χ4v) is 5.38. The van der Waals surface area contributed by atoms with Gasteiger partial charge in [-0.2, -0.15) is 0 Å². The summed E-state index contributed by atoms with van der Waals surface area (Å²) in [7, 11) is 0. The fourth-order valence-electron chi connectivity index (χ4n) is 4.38. The molecule has 0 spiro atoms. The molecule has 1 saturated carbocycles. The zero-order valence-electron chi connectivity index (χ0n) is 15.8. The lowest BCUT2D eigenvalue weighted by atomic mass is 9.86. The first kappa shape index (κ1) is 18.7. The van der Waals surface area contributed by atoms with Crippen molar-refractivity contribution in [2.45, 2.75) is 44.6 Å². The Hall–Kier alpha value is -1.66. The van der Waals surface area contributed by atoms with E-state index in [9.17, 15) is 4.79 Å². The van der Waals surface area contributed by atoms with E-state index in [1.54, 1.807) is 11.3 Å². The van der Waals surface area contributed by atoms with Gasteiger partial charge in [-0.25, -0.2) is 4.98 Å². The van der Waals surface area contributed by atoms with E-state index in [4.69, 9.17) is 10.7 Å². The summed E-state index contributed by atoms with van der Waals surface area (Å²) >= 11 is 1.69. The average Bonchev–Trinajstić information content (AvgIpc) is 3.13. The Morgan fingerprint density at radius 3 is 2.81 bits per heavy atom. The molecule has 27 heavy (non-hydrogen) atoms. The van der Waals surface area contributed by atoms with E-state index in [1.165, 1.54) is 43.2 Å². The molecular weight excluding hydrogens is 356 g/mol. The van der Waals surface area contributed by atoms with E-state index in [2.05, 4.69) is 22.3 Å². The van der Waals surface area contributed by atoms with E-state index in [1.807, 2.05) is 18.2 Å². The maximum atomic E-state index is 12.1. The quantitative estimate of drug-likeness (QED) is 0.827. The Morgan fingerprint density at radius 1 is 1.22 bits per heavy atom. The number of amides is 1. The number of carbonyl (C=O) groups excluding carboxylic acids is 1. The number of rotatable bonds is 6. The van der Waals surface area contributed by atoms with Gasteiger partial charge in [-0.15, -0.1) is 0 Å². The van der Waals surface area contributed by atoms with E-state index < -0.39 is 0 Å². The second-order valence-corrected chi connectivity index (χ2v) is 8.86. The highest BCUT2D eigenvalue weighted by atomic mass is 32.1. The number of fused-ring (bicyclic) bond motifs is 1. The van der Waals surface area contributed by atoms with Crippen LogP contribution >= 0.6 is 11.3 Å². The van der Waals surface area contributed by atoms with Gasteiger partial charge in [-0.3, -0.25) is 9.69 Å². The minimum Gasteiger partial charge on any atom is -0.368 e. The minimum absolute atomic E-state index is 0.230. The third-order valence-corrected chi connectivity index (χ3v) is 7.06. The second-order valence-electron chi connectivity index (χ2n) is 7.85. The summed E-state index contributed by atoms with van der Waals surface area (Å²) in [6.45, 7) is 3.23. The van der Waals surface area contributed by atoms with Gasteiger partial charge in [-0.1, -0.05) is 55.6 Å². The molecule has 1 aliphatic carbocycles. The molecule has 2 aliphatic rings. The van der Waals surface area contributed by atoms with Crippen molar-refractivity contribution in [3.8, 4) is 0 Å². The van der Waals surface area contributed by atoms with Gasteiger partial charge in [0.2, 0.25) is 5.91 Å². The van der Waals surface area contributed by atoms with Gasteiger partial charge in [0.25, 0.3) is 0 Å². The number of anilines is 1. The molecule has 6 heteroatoms. The molecule has 1 amide bonds. The van der Waals surface area contributed by atoms with Crippen molar-refractivity contribution in [2.24, 2.45) is 11.7 Å². The molecule has 2 N–H and O–H groups in total. The van der Waals surface area contributed by atoms with Crippen LogP contribution in [0.1, 0.15) is 38.5 Å². The summed E-state index contributed by atoms with van der Waals surface area (Å²) in [5.41, 5.74) is 6.77. The van der Waals surface area contributed by atoms with Gasteiger partial charge in [0, 0.05) is 26.2 Å². The molecule has 1 atom stereocenters. The Balaban J connectivity index is 1.36. The molecule has 1 aromatic carbocycles. The van der Waals surface area contributed by atoms with Crippen LogP contribution in [0.25, 0.3) is 10.2 Å². The van der Waals surface area contributed by atoms with Gasteiger partial charge in [0.1, 0.15) is 6.04 Å². The summed E-state index contributed by atoms with van der Waals surface area (Å²) in [4.78, 5) is 21.3. The number of piperazine rings is 1. The Morgan fingerprint density at radius 2 is 2.04 bits per heavy atom. The van der Waals surface area contributed by atoms with Crippen molar-refractivity contribution in [1.29, 1.82) is 0 Å². The predicted molar refractivity (Wildman–Crippen MR) is 112 cm³/mol. The zero-order chi connectivity index (χ0) is 18.6. The molecule has 1 aromatic heterocycles. The first-order valence-electron chi connectivity index (χ1n) is 10.2. The van der Waals surface area contributed by atoms with Crippen molar-refractivity contribution < 1.29 is 4.79 Å². The van der Waals surface area contributed by atoms with Crippen LogP contribution in [0.5, 0.6) is 0 Å². The number of aromatic nitrogens is 1. The number of hydrogen-bond donors (Lipinski definition) is 1. The number of thiazole rings is 1. The van der Waals surface area contributed by atoms with Gasteiger partial charge in [-0.05, 0) is 30.9 Å². The predicted octanol–water partition coefficient (Wildman–Crippen LogP) is 3.45. The zero-order valence-corrected chi connectivity index (χ0v) is 16.7. The molecule has 2 aromatic rings. The molecule has 1 unspecified atom stereocenters. The number of hydrogen-bond acceptors (Lipinski definition) is 5. The third kappa shape index (κ3) is 4.43. The highest BCUT2D eigenvalue weighted by Gasteiger charge is 2.32. The number of nitrogens with two attached hydrogens (primary N) is 1. The molecule has 1 radical (unpaired) electrons. The lowest BCUT2D eigenvalue weighted by molar-refractivity contribution is -0.123. The fraction of sp³-hybridized carbons (Fsp3) is 0.571. The van der Waals surface area contributed by atoms with Crippen LogP contribution in [0, 0.1) is 12.3 Å². The van der Waals surface area contributed by atoms with Crippen molar-refractivity contribution in [3.05, 3.63) is 30.7 Å². The first-order chi connectivity index (χ1) is 13.2. The van der Waals surface area contributed by atoms with Crippen LogP contribution in [0.4, 0.5) is 5.13 Å². The molecule has 2 fully saturated rings. The molecule has 0 bridgehead atoms. The monoisotopic (exact) mass is 385 g/mol. The molecule has 1 aliphatic heterocycles. The number of benzene rings is 1. The maximum absolute atomic E-state index is 12.1. The molecule has 2 heterocycles. The highest BCUT2D eigenvalue weighted by molar-refractivity contribution is 7.22. The summed E-state index contributed by atoms with van der Waals surface area (Å²) in [5.74, 6) is 0.613. The molecule has 1 saturated heterocycles. The number of nitrogens with zero attached hydrogens (tertiary/aromatic N) is 3. The van der Waals surface area contributed by atoms with E-state index in [0.29, 0.717) is 6.54 Å². The van der Waals surface area contributed by atoms with Gasteiger partial charge in [0.15, 0.2) is 5.13 Å². The third-order valence-electron chi connectivity index (χ3n) is 5.96. The highest BCUT2D eigenvalue weighted by Crippen LogP contribution is 2.30. The normalized spacial score (nSPS) is 22.4. The van der Waals surface area contributed by atoms with Gasteiger partial charge >= 0.3 is 0 Å². The average molecular weight is 386 g/mol. The summed E-state index contributed by atoms with van der Waals surface area (Å²) in [6, 6.07) is 7.94. The number of para-hydroxylation sites is 1. The molecule has 5 nitrogen and oxygen atoms in total. The van der Waals surface area contributed by atoms with E-state index in [-0.39, 0.29) is 11.9 Å². The minimum atomic E-state index is -0.242. The molecule has 4 rings (SSSR count). The van der Waals surface area contributed by atoms with E-state index in [0.717, 1.165) is 36.2 Å². The van der Waals surface area contributed by atoms with Crippen LogP contribution in [0.2, 0.25) is 0 Å². The van der Waals surface area contributed by atoms with Crippen molar-refractivity contribution in [3.63, 3.8) is 0 Å². The lowest BCUT2D eigenvalue weighted by Crippen LogP contribution is -2.58. The largest absolute Gasteiger partial charge is 0.368 e. The smallest absolute Gasteiger partial charge is 0.236 e. The number of carbonyl (C=O) groups is 1. The molecular formula is C21H29N4OS. The van der Waals surface area contributed by atoms with Crippen LogP contribution in [0.3, 0.4) is 0 Å². The number of primary amides is 1. The van der Waals surface area contributed by atoms with Crippen LogP contribution in [-0.2, 0) is 4.79 Å². The van der Waals surface area contributed by atoms with Gasteiger partial charge in [0.05, 0.1) is 10.2 Å². The first-order valence-corrected chi connectivity index (χ1v) is 11.0. The summed E-state index contributed by atoms with van der Waals surface area (Å²) < 4.78 is 1.19. The van der Waals surface area contributed by atoms with Crippen LogP contribution in [0.15, 0.2) is 24.3 Å². The summed E-state index contributed by atoms with van der Waals surface area (Å²) in [6.07, 6.45) is 10.4. The van der Waals surface area contributed by atoms with Crippen molar-refractivity contribution in [1.82, 2.24) is 9.88 Å². The Kier molecular flexibility index (Phi) is 5.93. The standard InChI is InChI=1S/C21H29N4OS/c22-20(26)18-15-25(21-23-17-10-4-5-11-19(17)27-21)14-13-24(18)12-6-9-16-7-2-1-3-8-16/h4-6,10-11,16,18H,1-3,7-9,12-15H2,(H2,22,26). The van der Waals surface area contributed by atoms with Gasteiger partial charge < -0.3 is 10.6 Å². The maximum Gasteiger partial charge on any atom is 0.236 e. The Bertz CT molecular complexity index is 737. The van der Waals surface area contributed by atoms with Crippen molar-refractivity contribution >= 4 is 32.6 Å². The SMILES string of the molecule is NC(=O)C1CN(c2nc3ccccc3s2)CCN1C[CH]CC1CCCCC1. The van der Waals surface area contributed by atoms with Crippen LogP contribution in [-0.4, -0.2) is 48.0 Å². The summed E-state index contributed by atoms with van der Waals surface area (Å²) in [5, 5.41) is 0.994. The molecule has 145 valence electrons. The Labute approximate surface area is 165 Å². The topological polar surface area (TPSA) is 62.5 Å². The van der Waals surface area contributed by atoms with E-state index >= 15 is 0 Å². The van der Waals surface area contributed by atoms with Crippen LogP contribution < -0.4 is 10.6 Å². The second kappa shape index (κ2) is 8.57.